The van der Waals surface area contributed by atoms with Crippen molar-refractivity contribution in [1.29, 1.82) is 0 Å². The molecule has 0 radical (unpaired) electrons. The van der Waals surface area contributed by atoms with Gasteiger partial charge in [0.05, 0.1) is 25.2 Å². The average Bonchev–Trinajstić information content (AvgIpc) is 3.51. The molecule has 0 saturated carbocycles. The van der Waals surface area contributed by atoms with Gasteiger partial charge in [0.2, 0.25) is 0 Å². The minimum absolute atomic E-state index is 0.146. The van der Waals surface area contributed by atoms with Crippen LogP contribution in [-0.4, -0.2) is 35.0 Å². The highest BCUT2D eigenvalue weighted by atomic mass is 16.6. The summed E-state index contributed by atoms with van der Waals surface area (Å²) in [5.41, 5.74) is 4.55. The average molecular weight is 391 g/mol. The van der Waals surface area contributed by atoms with Crippen LogP contribution < -0.4 is 4.74 Å². The van der Waals surface area contributed by atoms with Crippen LogP contribution in [0.5, 0.6) is 5.75 Å². The molecule has 1 aromatic heterocycles. The summed E-state index contributed by atoms with van der Waals surface area (Å²) in [6.07, 6.45) is 0.329. The molecular weight excluding hydrogens is 366 g/mol. The van der Waals surface area contributed by atoms with Crippen molar-refractivity contribution in [2.45, 2.75) is 26.0 Å². The van der Waals surface area contributed by atoms with Crippen molar-refractivity contribution in [1.82, 2.24) is 4.57 Å². The van der Waals surface area contributed by atoms with Crippen LogP contribution in [0, 0.1) is 12.8 Å². The van der Waals surface area contributed by atoms with Crippen molar-refractivity contribution in [3.63, 3.8) is 0 Å². The first-order valence-corrected chi connectivity index (χ1v) is 9.89. The molecule has 0 aliphatic carbocycles. The summed E-state index contributed by atoms with van der Waals surface area (Å²) in [6, 6.07) is 22.3. The second-order valence-electron chi connectivity index (χ2n) is 7.39. The van der Waals surface area contributed by atoms with Gasteiger partial charge in [0, 0.05) is 11.4 Å². The van der Waals surface area contributed by atoms with Crippen molar-refractivity contribution >= 4 is 5.97 Å². The lowest BCUT2D eigenvalue weighted by Gasteiger charge is -2.14. The highest BCUT2D eigenvalue weighted by Crippen LogP contribution is 2.25. The number of aryl methyl sites for hydroxylation is 1. The largest absolute Gasteiger partial charge is 0.492 e. The molecular formula is C24H25NO4. The zero-order valence-electron chi connectivity index (χ0n) is 16.5. The molecule has 1 aliphatic rings. The monoisotopic (exact) mass is 391 g/mol. The minimum atomic E-state index is -0.802. The van der Waals surface area contributed by atoms with E-state index in [4.69, 9.17) is 9.47 Å². The fraction of sp³-hybridized carbons (Fsp3) is 0.292. The smallest absolute Gasteiger partial charge is 0.309 e. The molecule has 150 valence electrons. The highest BCUT2D eigenvalue weighted by Gasteiger charge is 2.37. The van der Waals surface area contributed by atoms with Crippen LogP contribution >= 0.6 is 0 Å². The third kappa shape index (κ3) is 4.69. The van der Waals surface area contributed by atoms with E-state index >= 15 is 0 Å². The zero-order valence-corrected chi connectivity index (χ0v) is 16.5. The Hall–Kier alpha value is -3.05. The van der Waals surface area contributed by atoms with Gasteiger partial charge in [0.25, 0.3) is 0 Å². The lowest BCUT2D eigenvalue weighted by molar-refractivity contribution is -0.142. The second-order valence-corrected chi connectivity index (χ2v) is 7.39. The summed E-state index contributed by atoms with van der Waals surface area (Å²) >= 11 is 0. The number of ether oxygens (including phenoxy) is 2. The Kier molecular flexibility index (Phi) is 5.67. The summed E-state index contributed by atoms with van der Waals surface area (Å²) in [5, 5.41) is 9.33. The van der Waals surface area contributed by atoms with Crippen molar-refractivity contribution in [3.8, 4) is 17.0 Å². The first kappa shape index (κ1) is 19.3. The molecule has 3 aromatic rings. The number of carboxylic acids is 1. The lowest BCUT2D eigenvalue weighted by Crippen LogP contribution is -2.22. The van der Waals surface area contributed by atoms with E-state index in [1.165, 1.54) is 17.0 Å². The Morgan fingerprint density at radius 2 is 1.86 bits per heavy atom. The molecule has 2 unspecified atom stereocenters. The summed E-state index contributed by atoms with van der Waals surface area (Å²) in [4.78, 5) is 11.4. The van der Waals surface area contributed by atoms with Crippen LogP contribution in [0.25, 0.3) is 11.3 Å². The number of benzene rings is 2. The van der Waals surface area contributed by atoms with Crippen LogP contribution in [0.3, 0.4) is 0 Å². The molecule has 2 heterocycles. The number of aromatic nitrogens is 1. The van der Waals surface area contributed by atoms with E-state index in [2.05, 4.69) is 35.8 Å². The minimum Gasteiger partial charge on any atom is -0.492 e. The van der Waals surface area contributed by atoms with Gasteiger partial charge in [0.1, 0.15) is 12.4 Å². The molecule has 1 aliphatic heterocycles. The quantitative estimate of drug-likeness (QED) is 0.556. The summed E-state index contributed by atoms with van der Waals surface area (Å²) < 4.78 is 13.4. The molecule has 0 amide bonds. The molecule has 5 heteroatoms. The number of hydrogen-bond acceptors (Lipinski definition) is 3. The number of nitrogens with zero attached hydrogens (tertiary/aromatic N) is 1. The van der Waals surface area contributed by atoms with Gasteiger partial charge in [-0.1, -0.05) is 42.5 Å². The van der Waals surface area contributed by atoms with Crippen LogP contribution in [0.15, 0.2) is 66.7 Å². The Morgan fingerprint density at radius 3 is 2.52 bits per heavy atom. The zero-order chi connectivity index (χ0) is 20.2. The number of rotatable bonds is 9. The maximum absolute atomic E-state index is 11.4. The van der Waals surface area contributed by atoms with E-state index in [9.17, 15) is 9.90 Å². The van der Waals surface area contributed by atoms with Gasteiger partial charge in [-0.15, -0.1) is 0 Å². The Labute approximate surface area is 170 Å². The topological polar surface area (TPSA) is 64.0 Å². The third-order valence-corrected chi connectivity index (χ3v) is 5.36. The van der Waals surface area contributed by atoms with Crippen molar-refractivity contribution in [2.24, 2.45) is 5.92 Å². The summed E-state index contributed by atoms with van der Waals surface area (Å²) in [5.74, 6) is -0.492. The van der Waals surface area contributed by atoms with Crippen LogP contribution in [0.4, 0.5) is 0 Å². The lowest BCUT2D eigenvalue weighted by atomic mass is 9.96. The van der Waals surface area contributed by atoms with E-state index in [1.807, 2.05) is 42.5 Å². The normalized spacial score (nSPS) is 16.4. The van der Waals surface area contributed by atoms with Crippen molar-refractivity contribution in [3.05, 3.63) is 78.0 Å². The molecule has 4 rings (SSSR count). The molecule has 0 spiro atoms. The number of carbonyl (C=O) groups is 1. The van der Waals surface area contributed by atoms with Gasteiger partial charge in [-0.05, 0) is 48.7 Å². The standard InChI is InChI=1S/C24H25NO4/c1-17-7-12-22(19-5-3-2-4-6-19)25(17)13-14-28-20-10-8-18(9-11-20)15-21(24(26)27)23-16-29-23/h2-12,21,23H,13-16H2,1H3,(H,26,27). The fourth-order valence-electron chi connectivity index (χ4n) is 3.62. The first-order chi connectivity index (χ1) is 14.1. The first-order valence-electron chi connectivity index (χ1n) is 9.89. The summed E-state index contributed by atoms with van der Waals surface area (Å²) in [7, 11) is 0. The van der Waals surface area contributed by atoms with Gasteiger partial charge >= 0.3 is 5.97 Å². The van der Waals surface area contributed by atoms with Gasteiger partial charge in [-0.2, -0.15) is 0 Å². The second kappa shape index (κ2) is 8.53. The Balaban J connectivity index is 1.35. The van der Waals surface area contributed by atoms with E-state index in [0.717, 1.165) is 17.9 Å². The molecule has 1 fully saturated rings. The van der Waals surface area contributed by atoms with Crippen molar-refractivity contribution in [2.75, 3.05) is 13.2 Å². The Morgan fingerprint density at radius 1 is 1.14 bits per heavy atom. The molecule has 2 atom stereocenters. The molecule has 29 heavy (non-hydrogen) atoms. The predicted octanol–water partition coefficient (Wildman–Crippen LogP) is 4.18. The van der Waals surface area contributed by atoms with Crippen molar-refractivity contribution < 1.29 is 19.4 Å². The van der Waals surface area contributed by atoms with Crippen LogP contribution in [0.1, 0.15) is 11.3 Å². The Bertz CT molecular complexity index is 958. The molecule has 2 aromatic carbocycles. The predicted molar refractivity (Wildman–Crippen MR) is 111 cm³/mol. The van der Waals surface area contributed by atoms with Gasteiger partial charge in [-0.25, -0.2) is 0 Å². The van der Waals surface area contributed by atoms with E-state index in [0.29, 0.717) is 19.6 Å². The SMILES string of the molecule is Cc1ccc(-c2ccccc2)n1CCOc1ccc(CC(C(=O)O)C2CO2)cc1. The third-order valence-electron chi connectivity index (χ3n) is 5.36. The summed E-state index contributed by atoms with van der Waals surface area (Å²) in [6.45, 7) is 3.96. The van der Waals surface area contributed by atoms with Crippen LogP contribution in [-0.2, 0) is 22.5 Å². The fourth-order valence-corrected chi connectivity index (χ4v) is 3.62. The number of aliphatic carboxylic acids is 1. The molecule has 0 bridgehead atoms. The number of hydrogen-bond donors (Lipinski definition) is 1. The van der Waals surface area contributed by atoms with E-state index in [1.54, 1.807) is 0 Å². The maximum Gasteiger partial charge on any atom is 0.309 e. The van der Waals surface area contributed by atoms with E-state index in [-0.39, 0.29) is 6.10 Å². The van der Waals surface area contributed by atoms with E-state index < -0.39 is 11.9 Å². The van der Waals surface area contributed by atoms with Gasteiger partial charge in [0.15, 0.2) is 0 Å². The van der Waals surface area contributed by atoms with Crippen LogP contribution in [0.2, 0.25) is 0 Å². The highest BCUT2D eigenvalue weighted by molar-refractivity contribution is 5.71. The molecule has 1 N–H and O–H groups in total. The van der Waals surface area contributed by atoms with Gasteiger partial charge in [-0.3, -0.25) is 4.79 Å². The number of epoxide rings is 1. The molecule has 5 nitrogen and oxygen atoms in total. The van der Waals surface area contributed by atoms with Gasteiger partial charge < -0.3 is 19.1 Å². The molecule has 1 saturated heterocycles. The number of carboxylic acid groups (broad SMARTS) is 1. The maximum atomic E-state index is 11.4.